The maximum absolute atomic E-state index is 13.6. The molecule has 0 bridgehead atoms. The number of hydrogen-bond acceptors (Lipinski definition) is 2. The molecule has 0 saturated heterocycles. The molecule has 0 radical (unpaired) electrons. The topological polar surface area (TPSA) is 49.0 Å². The number of H-pyrrole nitrogens is 1. The molecule has 1 amide bonds. The van der Waals surface area contributed by atoms with E-state index in [0.717, 1.165) is 27.9 Å². The summed E-state index contributed by atoms with van der Waals surface area (Å²) >= 11 is 0. The SMILES string of the molecule is O=C1c2[nH]nc(-c3ccccc3)c2C(c2ccc(F)cc2)N1Cc1ccccc1. The first-order valence-electron chi connectivity index (χ1n) is 9.46. The fourth-order valence-corrected chi connectivity index (χ4v) is 3.95. The molecule has 1 aliphatic heterocycles. The van der Waals surface area contributed by atoms with Crippen LogP contribution in [0.2, 0.25) is 0 Å². The van der Waals surface area contributed by atoms with Gasteiger partial charge in [-0.2, -0.15) is 5.10 Å². The lowest BCUT2D eigenvalue weighted by Crippen LogP contribution is -2.29. The molecule has 0 saturated carbocycles. The first-order chi connectivity index (χ1) is 14.2. The van der Waals surface area contributed by atoms with E-state index in [9.17, 15) is 9.18 Å². The fraction of sp³-hybridized carbons (Fsp3) is 0.0833. The molecule has 2 heterocycles. The second-order valence-electron chi connectivity index (χ2n) is 7.10. The highest BCUT2D eigenvalue weighted by Gasteiger charge is 2.42. The molecule has 1 aromatic heterocycles. The molecule has 1 N–H and O–H groups in total. The summed E-state index contributed by atoms with van der Waals surface area (Å²) in [6.45, 7) is 0.457. The van der Waals surface area contributed by atoms with Crippen molar-refractivity contribution in [1.82, 2.24) is 15.1 Å². The normalized spacial score (nSPS) is 15.6. The number of carbonyl (C=O) groups excluding carboxylic acids is 1. The average molecular weight is 383 g/mol. The van der Waals surface area contributed by atoms with Gasteiger partial charge in [0.05, 0.1) is 11.7 Å². The minimum atomic E-state index is -0.340. The van der Waals surface area contributed by atoms with Crippen LogP contribution >= 0.6 is 0 Å². The monoisotopic (exact) mass is 383 g/mol. The highest BCUT2D eigenvalue weighted by atomic mass is 19.1. The van der Waals surface area contributed by atoms with Gasteiger partial charge in [-0.05, 0) is 23.3 Å². The molecule has 1 aliphatic rings. The van der Waals surface area contributed by atoms with Crippen LogP contribution in [-0.2, 0) is 6.54 Å². The average Bonchev–Trinajstić information content (AvgIpc) is 3.30. The smallest absolute Gasteiger partial charge is 0.273 e. The minimum absolute atomic E-state index is 0.104. The van der Waals surface area contributed by atoms with E-state index in [2.05, 4.69) is 10.2 Å². The third-order valence-electron chi connectivity index (χ3n) is 5.29. The van der Waals surface area contributed by atoms with Crippen molar-refractivity contribution in [3.05, 3.63) is 113 Å². The summed E-state index contributed by atoms with van der Waals surface area (Å²) in [6.07, 6.45) is 0. The standard InChI is InChI=1S/C24H18FN3O/c25-19-13-11-18(12-14-19)23-20-21(17-9-5-2-6-10-17)26-27-22(20)24(29)28(23)15-16-7-3-1-4-8-16/h1-14,23H,15H2,(H,26,27). The van der Waals surface area contributed by atoms with Crippen molar-refractivity contribution in [2.45, 2.75) is 12.6 Å². The number of rotatable bonds is 4. The molecule has 3 aromatic carbocycles. The zero-order chi connectivity index (χ0) is 19.8. The van der Waals surface area contributed by atoms with Crippen LogP contribution in [0.3, 0.4) is 0 Å². The number of fused-ring (bicyclic) bond motifs is 1. The lowest BCUT2D eigenvalue weighted by molar-refractivity contribution is 0.0730. The summed E-state index contributed by atoms with van der Waals surface area (Å²) in [7, 11) is 0. The Kier molecular flexibility index (Phi) is 4.21. The second-order valence-corrected chi connectivity index (χ2v) is 7.10. The van der Waals surface area contributed by atoms with Gasteiger partial charge < -0.3 is 4.90 Å². The Labute approximate surface area is 167 Å². The van der Waals surface area contributed by atoms with Gasteiger partial charge >= 0.3 is 0 Å². The predicted molar refractivity (Wildman–Crippen MR) is 109 cm³/mol. The number of benzene rings is 3. The minimum Gasteiger partial charge on any atom is -0.322 e. The predicted octanol–water partition coefficient (Wildman–Crippen LogP) is 4.96. The van der Waals surface area contributed by atoms with Gasteiger partial charge in [0.25, 0.3) is 5.91 Å². The third-order valence-corrected chi connectivity index (χ3v) is 5.29. The molecule has 0 aliphatic carbocycles. The van der Waals surface area contributed by atoms with Gasteiger partial charge in [-0.1, -0.05) is 72.8 Å². The van der Waals surface area contributed by atoms with Crippen molar-refractivity contribution in [1.29, 1.82) is 0 Å². The molecule has 1 unspecified atom stereocenters. The van der Waals surface area contributed by atoms with Crippen molar-refractivity contribution < 1.29 is 9.18 Å². The molecule has 5 heteroatoms. The maximum Gasteiger partial charge on any atom is 0.273 e. The van der Waals surface area contributed by atoms with Crippen molar-refractivity contribution in [2.75, 3.05) is 0 Å². The third kappa shape index (κ3) is 3.01. The summed E-state index contributed by atoms with van der Waals surface area (Å²) in [6, 6.07) is 25.6. The van der Waals surface area contributed by atoms with Crippen LogP contribution in [0.5, 0.6) is 0 Å². The Morgan fingerprint density at radius 3 is 2.24 bits per heavy atom. The quantitative estimate of drug-likeness (QED) is 0.541. The number of halogens is 1. The van der Waals surface area contributed by atoms with Gasteiger partial charge in [0.1, 0.15) is 11.5 Å². The van der Waals surface area contributed by atoms with E-state index < -0.39 is 0 Å². The number of nitrogens with one attached hydrogen (secondary N) is 1. The van der Waals surface area contributed by atoms with E-state index in [-0.39, 0.29) is 17.8 Å². The van der Waals surface area contributed by atoms with Crippen molar-refractivity contribution in [2.24, 2.45) is 0 Å². The first kappa shape index (κ1) is 17.4. The largest absolute Gasteiger partial charge is 0.322 e. The molecule has 0 fully saturated rings. The Morgan fingerprint density at radius 2 is 1.55 bits per heavy atom. The molecule has 142 valence electrons. The second kappa shape index (κ2) is 7.02. The van der Waals surface area contributed by atoms with Gasteiger partial charge in [0.15, 0.2) is 0 Å². The molecule has 29 heavy (non-hydrogen) atoms. The molecular formula is C24H18FN3O. The van der Waals surface area contributed by atoms with Gasteiger partial charge in [-0.25, -0.2) is 4.39 Å². The van der Waals surface area contributed by atoms with E-state index >= 15 is 0 Å². The van der Waals surface area contributed by atoms with Crippen LogP contribution in [0.1, 0.15) is 33.2 Å². The van der Waals surface area contributed by atoms with E-state index in [1.807, 2.05) is 65.6 Å². The Hall–Kier alpha value is -3.73. The molecule has 0 spiro atoms. The van der Waals surface area contributed by atoms with Crippen molar-refractivity contribution >= 4 is 5.91 Å². The van der Waals surface area contributed by atoms with Crippen LogP contribution in [-0.4, -0.2) is 21.0 Å². The molecule has 4 nitrogen and oxygen atoms in total. The van der Waals surface area contributed by atoms with E-state index in [4.69, 9.17) is 0 Å². The lowest BCUT2D eigenvalue weighted by atomic mass is 9.96. The lowest BCUT2D eigenvalue weighted by Gasteiger charge is -2.26. The van der Waals surface area contributed by atoms with E-state index in [1.165, 1.54) is 12.1 Å². The van der Waals surface area contributed by atoms with Gasteiger partial charge in [-0.15, -0.1) is 0 Å². The fourth-order valence-electron chi connectivity index (χ4n) is 3.95. The summed E-state index contributed by atoms with van der Waals surface area (Å²) in [5, 5.41) is 7.39. The number of carbonyl (C=O) groups is 1. The van der Waals surface area contributed by atoms with Gasteiger partial charge in [-0.3, -0.25) is 9.89 Å². The van der Waals surface area contributed by atoms with Crippen LogP contribution in [0.15, 0.2) is 84.9 Å². The molecule has 1 atom stereocenters. The molecule has 5 rings (SSSR count). The Morgan fingerprint density at radius 1 is 0.897 bits per heavy atom. The highest BCUT2D eigenvalue weighted by Crippen LogP contribution is 2.43. The maximum atomic E-state index is 13.6. The van der Waals surface area contributed by atoms with E-state index in [0.29, 0.717) is 12.2 Å². The van der Waals surface area contributed by atoms with Crippen LogP contribution in [0, 0.1) is 5.82 Å². The zero-order valence-electron chi connectivity index (χ0n) is 15.5. The number of nitrogens with zero attached hydrogens (tertiary/aromatic N) is 2. The first-order valence-corrected chi connectivity index (χ1v) is 9.46. The van der Waals surface area contributed by atoms with Crippen LogP contribution in [0.4, 0.5) is 4.39 Å². The number of amides is 1. The summed E-state index contributed by atoms with van der Waals surface area (Å²) in [5.74, 6) is -0.406. The molecule has 4 aromatic rings. The molecular weight excluding hydrogens is 365 g/mol. The summed E-state index contributed by atoms with van der Waals surface area (Å²) < 4.78 is 13.6. The van der Waals surface area contributed by atoms with Gasteiger partial charge in [0, 0.05) is 17.7 Å². The van der Waals surface area contributed by atoms with Crippen LogP contribution < -0.4 is 0 Å². The van der Waals surface area contributed by atoms with Crippen molar-refractivity contribution in [3.63, 3.8) is 0 Å². The number of hydrogen-bond donors (Lipinski definition) is 1. The number of aromatic nitrogens is 2. The highest BCUT2D eigenvalue weighted by molar-refractivity contribution is 6.00. The Balaban J connectivity index is 1.65. The number of aromatic amines is 1. The van der Waals surface area contributed by atoms with Crippen molar-refractivity contribution in [3.8, 4) is 11.3 Å². The Bertz CT molecular complexity index is 1150. The van der Waals surface area contributed by atoms with Crippen LogP contribution in [0.25, 0.3) is 11.3 Å². The summed E-state index contributed by atoms with van der Waals surface area (Å²) in [4.78, 5) is 15.1. The zero-order valence-corrected chi connectivity index (χ0v) is 15.5. The summed E-state index contributed by atoms with van der Waals surface area (Å²) in [5.41, 5.74) is 4.91. The van der Waals surface area contributed by atoms with E-state index in [1.54, 1.807) is 12.1 Å². The van der Waals surface area contributed by atoms with Gasteiger partial charge in [0.2, 0.25) is 0 Å².